The van der Waals surface area contributed by atoms with E-state index in [1.54, 1.807) is 6.07 Å². The first kappa shape index (κ1) is 16.3. The molecule has 0 radical (unpaired) electrons. The molecule has 0 aliphatic carbocycles. The van der Waals surface area contributed by atoms with Gasteiger partial charge in [0.15, 0.2) is 11.6 Å². The lowest BCUT2D eigenvalue weighted by Crippen LogP contribution is -2.27. The molecule has 0 bridgehead atoms. The predicted molar refractivity (Wildman–Crippen MR) is 74.6 cm³/mol. The lowest BCUT2D eigenvalue weighted by atomic mass is 10.1. The summed E-state index contributed by atoms with van der Waals surface area (Å²) in [6, 6.07) is 4.36. The molecule has 0 unspecified atom stereocenters. The minimum absolute atomic E-state index is 0.0135. The van der Waals surface area contributed by atoms with E-state index in [4.69, 9.17) is 9.84 Å². The summed E-state index contributed by atoms with van der Waals surface area (Å²) in [6.45, 7) is 0.384. The molecule has 0 spiro atoms. The number of carbonyl (C=O) groups excluding carboxylic acids is 1. The highest BCUT2D eigenvalue weighted by Crippen LogP contribution is 2.17. The Morgan fingerprint density at radius 1 is 1.45 bits per heavy atom. The molecule has 20 heavy (non-hydrogen) atoms. The average Bonchev–Trinajstić information content (AvgIpc) is 2.38. The molecule has 2 N–H and O–H groups in total. The molecule has 5 nitrogen and oxygen atoms in total. The Hall–Kier alpha value is -1.76. The van der Waals surface area contributed by atoms with Gasteiger partial charge in [-0.25, -0.2) is 4.39 Å². The van der Waals surface area contributed by atoms with E-state index in [0.717, 1.165) is 0 Å². The number of aliphatic carboxylic acids is 1. The third-order valence-electron chi connectivity index (χ3n) is 2.37. The number of nitrogens with one attached hydrogen (secondary N) is 1. The molecule has 0 aromatic heterocycles. The van der Waals surface area contributed by atoms with Gasteiger partial charge in [0.2, 0.25) is 5.91 Å². The molecule has 0 aliphatic heterocycles. The molecule has 7 heteroatoms. The third-order valence-corrected chi connectivity index (χ3v) is 3.32. The van der Waals surface area contributed by atoms with Crippen LogP contribution in [0.5, 0.6) is 5.75 Å². The summed E-state index contributed by atoms with van der Waals surface area (Å²) in [7, 11) is 1.37. The number of methoxy groups -OCH3 is 1. The highest BCUT2D eigenvalue weighted by molar-refractivity contribution is 7.99. The summed E-state index contributed by atoms with van der Waals surface area (Å²) in [6.07, 6.45) is 0.0739. The second kappa shape index (κ2) is 8.42. The monoisotopic (exact) mass is 301 g/mol. The van der Waals surface area contributed by atoms with Gasteiger partial charge in [0.05, 0.1) is 19.3 Å². The summed E-state index contributed by atoms with van der Waals surface area (Å²) in [5.41, 5.74) is 0.555. The molecular weight excluding hydrogens is 285 g/mol. The minimum atomic E-state index is -0.880. The molecule has 0 aliphatic rings. The summed E-state index contributed by atoms with van der Waals surface area (Å²) < 4.78 is 18.2. The van der Waals surface area contributed by atoms with Crippen LogP contribution in [-0.4, -0.2) is 42.1 Å². The van der Waals surface area contributed by atoms with Crippen molar-refractivity contribution in [1.29, 1.82) is 0 Å². The number of halogens is 1. The summed E-state index contributed by atoms with van der Waals surface area (Å²) in [5.74, 6) is -0.941. The number of carbonyl (C=O) groups is 2. The van der Waals surface area contributed by atoms with Gasteiger partial charge in [0, 0.05) is 12.3 Å². The minimum Gasteiger partial charge on any atom is -0.494 e. The molecule has 0 atom stereocenters. The van der Waals surface area contributed by atoms with E-state index in [2.05, 4.69) is 5.32 Å². The van der Waals surface area contributed by atoms with Gasteiger partial charge >= 0.3 is 5.97 Å². The number of carboxylic acid groups (broad SMARTS) is 1. The summed E-state index contributed by atoms with van der Waals surface area (Å²) in [4.78, 5) is 21.9. The summed E-state index contributed by atoms with van der Waals surface area (Å²) >= 11 is 1.23. The van der Waals surface area contributed by atoms with Crippen LogP contribution >= 0.6 is 11.8 Å². The van der Waals surface area contributed by atoms with Gasteiger partial charge in [-0.3, -0.25) is 9.59 Å². The van der Waals surface area contributed by atoms with Crippen LogP contribution in [-0.2, 0) is 16.0 Å². The first-order chi connectivity index (χ1) is 9.52. The quantitative estimate of drug-likeness (QED) is 0.708. The van der Waals surface area contributed by atoms with E-state index in [-0.39, 0.29) is 23.8 Å². The largest absolute Gasteiger partial charge is 0.494 e. The van der Waals surface area contributed by atoms with E-state index in [9.17, 15) is 14.0 Å². The number of hydrogen-bond acceptors (Lipinski definition) is 4. The van der Waals surface area contributed by atoms with E-state index in [1.807, 2.05) is 0 Å². The highest BCUT2D eigenvalue weighted by atomic mass is 32.2. The van der Waals surface area contributed by atoms with Crippen LogP contribution in [0.2, 0.25) is 0 Å². The van der Waals surface area contributed by atoms with Crippen molar-refractivity contribution in [1.82, 2.24) is 5.32 Å². The van der Waals surface area contributed by atoms with Crippen LogP contribution in [0.1, 0.15) is 5.56 Å². The molecule has 1 aromatic rings. The number of ether oxygens (including phenoxy) is 1. The average molecular weight is 301 g/mol. The van der Waals surface area contributed by atoms with Crippen molar-refractivity contribution in [3.63, 3.8) is 0 Å². The zero-order valence-electron chi connectivity index (χ0n) is 11.0. The zero-order valence-corrected chi connectivity index (χ0v) is 11.8. The summed E-state index contributed by atoms with van der Waals surface area (Å²) in [5, 5.41) is 11.1. The predicted octanol–water partition coefficient (Wildman–Crippen LogP) is 1.31. The second-order valence-corrected chi connectivity index (χ2v) is 5.05. The Kier molecular flexibility index (Phi) is 6.86. The van der Waals surface area contributed by atoms with Gasteiger partial charge in [0.1, 0.15) is 0 Å². The molecule has 0 saturated carbocycles. The molecule has 110 valence electrons. The first-order valence-corrected chi connectivity index (χ1v) is 7.07. The van der Waals surface area contributed by atoms with Gasteiger partial charge < -0.3 is 15.2 Å². The number of thioether (sulfide) groups is 1. The highest BCUT2D eigenvalue weighted by Gasteiger charge is 2.07. The molecule has 0 fully saturated rings. The Labute approximate surface area is 120 Å². The maximum atomic E-state index is 13.4. The molecule has 1 amide bonds. The van der Waals surface area contributed by atoms with Gasteiger partial charge in [-0.05, 0) is 17.7 Å². The number of amides is 1. The van der Waals surface area contributed by atoms with E-state index >= 15 is 0 Å². The maximum absolute atomic E-state index is 13.4. The Morgan fingerprint density at radius 3 is 2.80 bits per heavy atom. The van der Waals surface area contributed by atoms with Crippen LogP contribution in [0, 0.1) is 5.82 Å². The van der Waals surface area contributed by atoms with Crippen LogP contribution in [0.4, 0.5) is 4.39 Å². The Morgan fingerprint density at radius 2 is 2.20 bits per heavy atom. The fourth-order valence-electron chi connectivity index (χ4n) is 1.49. The van der Waals surface area contributed by atoms with Gasteiger partial charge in [-0.1, -0.05) is 6.07 Å². The van der Waals surface area contributed by atoms with Crippen LogP contribution in [0.15, 0.2) is 18.2 Å². The fourth-order valence-corrected chi connectivity index (χ4v) is 2.06. The molecule has 1 aromatic carbocycles. The smallest absolute Gasteiger partial charge is 0.313 e. The third kappa shape index (κ3) is 5.92. The van der Waals surface area contributed by atoms with Gasteiger partial charge in [-0.15, -0.1) is 11.8 Å². The van der Waals surface area contributed by atoms with Gasteiger partial charge in [0.25, 0.3) is 0 Å². The van der Waals surface area contributed by atoms with Crippen molar-refractivity contribution in [2.75, 3.05) is 25.2 Å². The molecular formula is C13H16FNO4S. The molecule has 0 saturated heterocycles. The van der Waals surface area contributed by atoms with Gasteiger partial charge in [-0.2, -0.15) is 0 Å². The SMILES string of the molecule is COc1ccc(CC(=O)NCCSCC(=O)O)cc1F. The zero-order chi connectivity index (χ0) is 15.0. The fraction of sp³-hybridized carbons (Fsp3) is 0.385. The number of rotatable bonds is 8. The van der Waals surface area contributed by atoms with E-state index < -0.39 is 11.8 Å². The second-order valence-electron chi connectivity index (χ2n) is 3.94. The van der Waals surface area contributed by atoms with Crippen LogP contribution < -0.4 is 10.1 Å². The van der Waals surface area contributed by atoms with Crippen molar-refractivity contribution in [3.05, 3.63) is 29.6 Å². The van der Waals surface area contributed by atoms with Crippen molar-refractivity contribution in [2.45, 2.75) is 6.42 Å². The van der Waals surface area contributed by atoms with E-state index in [1.165, 1.54) is 31.0 Å². The van der Waals surface area contributed by atoms with Crippen molar-refractivity contribution in [3.8, 4) is 5.75 Å². The van der Waals surface area contributed by atoms with Crippen molar-refractivity contribution in [2.24, 2.45) is 0 Å². The van der Waals surface area contributed by atoms with Crippen molar-refractivity contribution >= 4 is 23.6 Å². The Balaban J connectivity index is 2.31. The lowest BCUT2D eigenvalue weighted by molar-refractivity contribution is -0.133. The lowest BCUT2D eigenvalue weighted by Gasteiger charge is -2.06. The maximum Gasteiger partial charge on any atom is 0.313 e. The topological polar surface area (TPSA) is 75.6 Å². The van der Waals surface area contributed by atoms with Crippen LogP contribution in [0.25, 0.3) is 0 Å². The van der Waals surface area contributed by atoms with Crippen molar-refractivity contribution < 1.29 is 23.8 Å². The first-order valence-electron chi connectivity index (χ1n) is 5.91. The number of hydrogen-bond donors (Lipinski definition) is 2. The standard InChI is InChI=1S/C13H16FNO4S/c1-19-11-3-2-9(6-10(11)14)7-12(16)15-4-5-20-8-13(17)18/h2-3,6H,4-5,7-8H2,1H3,(H,15,16)(H,17,18). The number of carboxylic acids is 1. The molecule has 1 rings (SSSR count). The number of benzene rings is 1. The van der Waals surface area contributed by atoms with Crippen LogP contribution in [0.3, 0.4) is 0 Å². The molecule has 0 heterocycles. The Bertz CT molecular complexity index is 481. The normalized spacial score (nSPS) is 10.1. The van der Waals surface area contributed by atoms with E-state index in [0.29, 0.717) is 17.9 Å².